The normalized spacial score (nSPS) is 26.1. The number of imide groups is 1. The first-order valence-electron chi connectivity index (χ1n) is 9.07. The summed E-state index contributed by atoms with van der Waals surface area (Å²) in [5.74, 6) is 0.823. The Kier molecular flexibility index (Phi) is 4.67. The first-order valence-corrected chi connectivity index (χ1v) is 9.07. The van der Waals surface area contributed by atoms with Gasteiger partial charge in [0.15, 0.2) is 0 Å². The number of benzene rings is 1. The number of rotatable bonds is 3. The van der Waals surface area contributed by atoms with Crippen molar-refractivity contribution >= 4 is 23.4 Å². The molecule has 3 amide bonds. The van der Waals surface area contributed by atoms with Crippen LogP contribution in [0.3, 0.4) is 0 Å². The molecule has 3 rings (SSSR count). The average Bonchev–Trinajstić information content (AvgIpc) is 2.79. The highest BCUT2D eigenvalue weighted by molar-refractivity contribution is 6.21. The zero-order valence-corrected chi connectivity index (χ0v) is 15.3. The number of nitrogens with one attached hydrogen (secondary N) is 1. The molecule has 1 aromatic rings. The number of anilines is 1. The number of nitrogens with zero attached hydrogens (tertiary/aromatic N) is 1. The summed E-state index contributed by atoms with van der Waals surface area (Å²) in [5.41, 5.74) is 1.35. The van der Waals surface area contributed by atoms with Crippen molar-refractivity contribution in [2.75, 3.05) is 12.4 Å². The maximum absolute atomic E-state index is 12.9. The molecule has 0 saturated heterocycles. The lowest BCUT2D eigenvalue weighted by atomic mass is 9.70. The summed E-state index contributed by atoms with van der Waals surface area (Å²) in [6, 6.07) is 4.95. The van der Waals surface area contributed by atoms with Crippen LogP contribution >= 0.6 is 0 Å². The van der Waals surface area contributed by atoms with E-state index < -0.39 is 0 Å². The summed E-state index contributed by atoms with van der Waals surface area (Å²) in [6.45, 7) is 6.55. The van der Waals surface area contributed by atoms with Crippen LogP contribution < -0.4 is 5.32 Å². The van der Waals surface area contributed by atoms with E-state index >= 15 is 0 Å². The molecule has 1 aliphatic heterocycles. The van der Waals surface area contributed by atoms with Crippen molar-refractivity contribution < 1.29 is 14.4 Å². The molecule has 1 N–H and O–H groups in total. The maximum Gasteiger partial charge on any atom is 0.261 e. The van der Waals surface area contributed by atoms with Gasteiger partial charge in [-0.05, 0) is 48.8 Å². The minimum absolute atomic E-state index is 0.00277. The zero-order chi connectivity index (χ0) is 18.3. The summed E-state index contributed by atoms with van der Waals surface area (Å²) < 4.78 is 0. The van der Waals surface area contributed by atoms with Crippen LogP contribution in [0.1, 0.15) is 60.7 Å². The molecule has 0 unspecified atom stereocenters. The zero-order valence-electron chi connectivity index (χ0n) is 15.3. The van der Waals surface area contributed by atoms with Crippen molar-refractivity contribution in [3.05, 3.63) is 29.3 Å². The van der Waals surface area contributed by atoms with Crippen LogP contribution in [0, 0.1) is 23.7 Å². The molecule has 5 nitrogen and oxygen atoms in total. The lowest BCUT2D eigenvalue weighted by Gasteiger charge is -2.36. The molecule has 2 aliphatic rings. The van der Waals surface area contributed by atoms with E-state index in [1.807, 2.05) is 0 Å². The van der Waals surface area contributed by atoms with Crippen molar-refractivity contribution in [1.82, 2.24) is 4.90 Å². The van der Waals surface area contributed by atoms with Crippen molar-refractivity contribution in [3.63, 3.8) is 0 Å². The summed E-state index contributed by atoms with van der Waals surface area (Å²) in [5, 5.41) is 2.98. The Morgan fingerprint density at radius 3 is 2.52 bits per heavy atom. The van der Waals surface area contributed by atoms with Crippen molar-refractivity contribution in [2.24, 2.45) is 23.7 Å². The molecule has 1 aliphatic carbocycles. The van der Waals surface area contributed by atoms with Gasteiger partial charge in [0.05, 0.1) is 11.1 Å². The third-order valence-electron chi connectivity index (χ3n) is 5.72. The molecule has 3 atom stereocenters. The quantitative estimate of drug-likeness (QED) is 0.854. The van der Waals surface area contributed by atoms with Gasteiger partial charge in [-0.3, -0.25) is 19.3 Å². The van der Waals surface area contributed by atoms with Crippen molar-refractivity contribution in [1.29, 1.82) is 0 Å². The molecule has 5 heteroatoms. The molecule has 1 saturated carbocycles. The van der Waals surface area contributed by atoms with Gasteiger partial charge in [-0.25, -0.2) is 0 Å². The Morgan fingerprint density at radius 1 is 1.16 bits per heavy atom. The van der Waals surface area contributed by atoms with E-state index in [0.29, 0.717) is 34.6 Å². The number of fused-ring (bicyclic) bond motifs is 1. The van der Waals surface area contributed by atoms with E-state index in [2.05, 4.69) is 26.1 Å². The molecule has 0 radical (unpaired) electrons. The van der Waals surface area contributed by atoms with Crippen LogP contribution in [0.4, 0.5) is 5.69 Å². The standard InChI is InChI=1S/C20H26N2O3/c1-11(2)14-7-5-12(3)9-16(14)18(23)21-13-6-8-15-17(10-13)20(25)22(4)19(15)24/h6,8,10-12,14,16H,5,7,9H2,1-4H3,(H,21,23)/t12-,14+,16-/m1/s1. The molecule has 0 aromatic heterocycles. The number of carbonyl (C=O) groups excluding carboxylic acids is 3. The fourth-order valence-corrected chi connectivity index (χ4v) is 4.18. The summed E-state index contributed by atoms with van der Waals surface area (Å²) in [6.07, 6.45) is 3.16. The Morgan fingerprint density at radius 2 is 1.84 bits per heavy atom. The lowest BCUT2D eigenvalue weighted by molar-refractivity contribution is -0.124. The summed E-state index contributed by atoms with van der Waals surface area (Å²) >= 11 is 0. The van der Waals surface area contributed by atoms with Gasteiger partial charge in [0.1, 0.15) is 0 Å². The van der Waals surface area contributed by atoms with Gasteiger partial charge in [0, 0.05) is 18.7 Å². The molecular weight excluding hydrogens is 316 g/mol. The molecule has 0 bridgehead atoms. The Labute approximate surface area is 148 Å². The van der Waals surface area contributed by atoms with Crippen LogP contribution in [-0.2, 0) is 4.79 Å². The van der Waals surface area contributed by atoms with E-state index in [9.17, 15) is 14.4 Å². The van der Waals surface area contributed by atoms with E-state index in [4.69, 9.17) is 0 Å². The molecule has 0 spiro atoms. The van der Waals surface area contributed by atoms with Crippen LogP contribution in [0.15, 0.2) is 18.2 Å². The second-order valence-corrected chi connectivity index (χ2v) is 7.85. The van der Waals surface area contributed by atoms with Crippen LogP contribution in [0.2, 0.25) is 0 Å². The fraction of sp³-hybridized carbons (Fsp3) is 0.550. The van der Waals surface area contributed by atoms with Gasteiger partial charge < -0.3 is 5.32 Å². The number of carbonyl (C=O) groups is 3. The third kappa shape index (κ3) is 3.20. The van der Waals surface area contributed by atoms with Crippen LogP contribution in [0.5, 0.6) is 0 Å². The van der Waals surface area contributed by atoms with Gasteiger partial charge in [-0.2, -0.15) is 0 Å². The Balaban J connectivity index is 1.79. The van der Waals surface area contributed by atoms with Gasteiger partial charge in [0.25, 0.3) is 11.8 Å². The molecule has 1 fully saturated rings. The van der Waals surface area contributed by atoms with Crippen LogP contribution in [0.25, 0.3) is 0 Å². The highest BCUT2D eigenvalue weighted by Gasteiger charge is 2.36. The first-order chi connectivity index (χ1) is 11.8. The topological polar surface area (TPSA) is 66.5 Å². The lowest BCUT2D eigenvalue weighted by Crippen LogP contribution is -2.36. The smallest absolute Gasteiger partial charge is 0.261 e. The number of hydrogen-bond acceptors (Lipinski definition) is 3. The predicted octanol–water partition coefficient (Wildman–Crippen LogP) is 3.56. The minimum Gasteiger partial charge on any atom is -0.326 e. The minimum atomic E-state index is -0.317. The molecule has 1 aromatic carbocycles. The fourth-order valence-electron chi connectivity index (χ4n) is 4.18. The highest BCUT2D eigenvalue weighted by Crippen LogP contribution is 2.38. The van der Waals surface area contributed by atoms with Crippen LogP contribution in [-0.4, -0.2) is 29.7 Å². The van der Waals surface area contributed by atoms with Gasteiger partial charge >= 0.3 is 0 Å². The second-order valence-electron chi connectivity index (χ2n) is 7.85. The predicted molar refractivity (Wildman–Crippen MR) is 96.3 cm³/mol. The van der Waals surface area contributed by atoms with E-state index in [1.165, 1.54) is 13.5 Å². The monoisotopic (exact) mass is 342 g/mol. The molecule has 1 heterocycles. The summed E-state index contributed by atoms with van der Waals surface area (Å²) in [7, 11) is 1.47. The Bertz CT molecular complexity index is 726. The number of hydrogen-bond donors (Lipinski definition) is 1. The van der Waals surface area contributed by atoms with Crippen molar-refractivity contribution in [2.45, 2.75) is 40.0 Å². The third-order valence-corrected chi connectivity index (χ3v) is 5.72. The van der Waals surface area contributed by atoms with Gasteiger partial charge in [-0.1, -0.05) is 27.2 Å². The van der Waals surface area contributed by atoms with E-state index in [-0.39, 0.29) is 23.6 Å². The molecule has 25 heavy (non-hydrogen) atoms. The molecule has 134 valence electrons. The van der Waals surface area contributed by atoms with Gasteiger partial charge in [0.2, 0.25) is 5.91 Å². The van der Waals surface area contributed by atoms with E-state index in [1.54, 1.807) is 18.2 Å². The summed E-state index contributed by atoms with van der Waals surface area (Å²) in [4.78, 5) is 38.1. The van der Waals surface area contributed by atoms with E-state index in [0.717, 1.165) is 17.7 Å². The maximum atomic E-state index is 12.9. The average molecular weight is 342 g/mol. The highest BCUT2D eigenvalue weighted by atomic mass is 16.2. The molecular formula is C20H26N2O3. The largest absolute Gasteiger partial charge is 0.326 e. The van der Waals surface area contributed by atoms with Crippen molar-refractivity contribution in [3.8, 4) is 0 Å². The second kappa shape index (κ2) is 6.62. The SMILES string of the molecule is CC(C)[C@@H]1CC[C@@H](C)C[C@H]1C(=O)Nc1ccc2c(c1)C(=O)N(C)C2=O. The first kappa shape index (κ1) is 17.6. The van der Waals surface area contributed by atoms with Gasteiger partial charge in [-0.15, -0.1) is 0 Å². The Hall–Kier alpha value is -2.17. The number of amides is 3.